The van der Waals surface area contributed by atoms with Crippen molar-refractivity contribution in [1.82, 2.24) is 0 Å². The quantitative estimate of drug-likeness (QED) is 0.692. The average Bonchev–Trinajstić information content (AvgIpc) is 2.97. The third-order valence-corrected chi connectivity index (χ3v) is 3.35. The van der Waals surface area contributed by atoms with Crippen LogP contribution in [0.1, 0.15) is 17.9 Å². The number of alkyl halides is 1. The third kappa shape index (κ3) is 1.88. The maximum absolute atomic E-state index is 5.82. The Hall–Kier alpha value is -0.690. The average molecular weight is 210 g/mol. The zero-order chi connectivity index (χ0) is 10.1. The molecule has 1 aliphatic carbocycles. The molecule has 0 amide bonds. The Kier molecular flexibility index (Phi) is 2.69. The van der Waals surface area contributed by atoms with E-state index in [0.717, 1.165) is 17.7 Å². The normalized spacial score (nSPS) is 24.8. The largest absolute Gasteiger partial charge is 0.378 e. The molecule has 76 valence electrons. The fraction of sp³-hybridized carbons (Fsp3) is 0.500. The van der Waals surface area contributed by atoms with Crippen LogP contribution >= 0.6 is 11.6 Å². The Balaban J connectivity index is 2.08. The highest BCUT2D eigenvalue weighted by Crippen LogP contribution is 2.48. The lowest BCUT2D eigenvalue weighted by Gasteiger charge is -2.12. The van der Waals surface area contributed by atoms with Gasteiger partial charge in [-0.2, -0.15) is 0 Å². The molecule has 0 N–H and O–H groups in total. The third-order valence-electron chi connectivity index (χ3n) is 2.96. The van der Waals surface area contributed by atoms with Crippen molar-refractivity contribution >= 4 is 17.3 Å². The van der Waals surface area contributed by atoms with Gasteiger partial charge in [0, 0.05) is 25.7 Å². The highest BCUT2D eigenvalue weighted by molar-refractivity contribution is 6.18. The summed E-state index contributed by atoms with van der Waals surface area (Å²) in [5, 5.41) is 0. The number of nitrogens with zero attached hydrogens (tertiary/aromatic N) is 1. The molecule has 1 aliphatic rings. The summed E-state index contributed by atoms with van der Waals surface area (Å²) in [5.41, 5.74) is 2.71. The molecule has 14 heavy (non-hydrogen) atoms. The molecular weight excluding hydrogens is 194 g/mol. The fourth-order valence-electron chi connectivity index (χ4n) is 1.85. The van der Waals surface area contributed by atoms with E-state index in [-0.39, 0.29) is 0 Å². The van der Waals surface area contributed by atoms with E-state index in [1.807, 2.05) is 0 Å². The van der Waals surface area contributed by atoms with Crippen molar-refractivity contribution in [3.63, 3.8) is 0 Å². The van der Waals surface area contributed by atoms with Crippen molar-refractivity contribution in [2.75, 3.05) is 24.9 Å². The summed E-state index contributed by atoms with van der Waals surface area (Å²) in [5.74, 6) is 2.26. The number of benzene rings is 1. The lowest BCUT2D eigenvalue weighted by Crippen LogP contribution is -2.08. The van der Waals surface area contributed by atoms with Crippen LogP contribution in [0.5, 0.6) is 0 Å². The Morgan fingerprint density at radius 1 is 1.29 bits per heavy atom. The molecule has 1 nitrogen and oxygen atoms in total. The monoisotopic (exact) mass is 209 g/mol. The maximum atomic E-state index is 5.82. The van der Waals surface area contributed by atoms with Crippen molar-refractivity contribution < 1.29 is 0 Å². The molecular formula is C12H16ClN. The van der Waals surface area contributed by atoms with Crippen LogP contribution in [-0.2, 0) is 0 Å². The van der Waals surface area contributed by atoms with Gasteiger partial charge in [-0.1, -0.05) is 12.1 Å². The topological polar surface area (TPSA) is 3.24 Å². The van der Waals surface area contributed by atoms with Crippen molar-refractivity contribution in [2.24, 2.45) is 5.92 Å². The standard InChI is InChI=1S/C12H16ClN/c1-14(2)11-5-3-9(4-6-11)12-7-10(12)8-13/h3-6,10,12H,7-8H2,1-2H3. The van der Waals surface area contributed by atoms with Crippen molar-refractivity contribution in [2.45, 2.75) is 12.3 Å². The first kappa shape index (κ1) is 9.85. The number of halogens is 1. The highest BCUT2D eigenvalue weighted by atomic mass is 35.5. The molecule has 2 atom stereocenters. The van der Waals surface area contributed by atoms with Gasteiger partial charge in [0.2, 0.25) is 0 Å². The molecule has 0 aliphatic heterocycles. The summed E-state index contributed by atoms with van der Waals surface area (Å²) in [6.07, 6.45) is 1.27. The Labute approximate surface area is 90.7 Å². The Bertz CT molecular complexity index is 305. The molecule has 2 unspecified atom stereocenters. The van der Waals surface area contributed by atoms with Crippen molar-refractivity contribution in [3.05, 3.63) is 29.8 Å². The highest BCUT2D eigenvalue weighted by Gasteiger charge is 2.37. The first-order valence-corrected chi connectivity index (χ1v) is 5.59. The van der Waals surface area contributed by atoms with Crippen LogP contribution in [-0.4, -0.2) is 20.0 Å². The van der Waals surface area contributed by atoms with Gasteiger partial charge in [-0.05, 0) is 36.0 Å². The SMILES string of the molecule is CN(C)c1ccc(C2CC2CCl)cc1. The predicted molar refractivity (Wildman–Crippen MR) is 62.3 cm³/mol. The summed E-state index contributed by atoms with van der Waals surface area (Å²) < 4.78 is 0. The smallest absolute Gasteiger partial charge is 0.0361 e. The summed E-state index contributed by atoms with van der Waals surface area (Å²) >= 11 is 5.82. The van der Waals surface area contributed by atoms with Crippen LogP contribution in [0.4, 0.5) is 5.69 Å². The first-order chi connectivity index (χ1) is 6.72. The number of hydrogen-bond acceptors (Lipinski definition) is 1. The van der Waals surface area contributed by atoms with Gasteiger partial charge in [-0.3, -0.25) is 0 Å². The van der Waals surface area contributed by atoms with Crippen LogP contribution in [0.2, 0.25) is 0 Å². The van der Waals surface area contributed by atoms with E-state index in [0.29, 0.717) is 0 Å². The minimum absolute atomic E-state index is 0.724. The predicted octanol–water partition coefficient (Wildman–Crippen LogP) is 3.09. The van der Waals surface area contributed by atoms with Gasteiger partial charge < -0.3 is 4.90 Å². The fourth-order valence-corrected chi connectivity index (χ4v) is 2.19. The lowest BCUT2D eigenvalue weighted by molar-refractivity contribution is 0.923. The number of hydrogen-bond donors (Lipinski definition) is 0. The lowest BCUT2D eigenvalue weighted by atomic mass is 10.1. The van der Waals surface area contributed by atoms with Gasteiger partial charge in [0.1, 0.15) is 0 Å². The van der Waals surface area contributed by atoms with E-state index in [1.165, 1.54) is 17.7 Å². The van der Waals surface area contributed by atoms with Gasteiger partial charge in [-0.15, -0.1) is 11.6 Å². The zero-order valence-corrected chi connectivity index (χ0v) is 9.46. The van der Waals surface area contributed by atoms with E-state index in [2.05, 4.69) is 43.3 Å². The van der Waals surface area contributed by atoms with E-state index < -0.39 is 0 Å². The van der Waals surface area contributed by atoms with Crippen molar-refractivity contribution in [1.29, 1.82) is 0 Å². The minimum Gasteiger partial charge on any atom is -0.378 e. The van der Waals surface area contributed by atoms with Crippen LogP contribution in [0.3, 0.4) is 0 Å². The minimum atomic E-state index is 0.724. The van der Waals surface area contributed by atoms with Crippen LogP contribution in [0.15, 0.2) is 24.3 Å². The molecule has 0 spiro atoms. The van der Waals surface area contributed by atoms with Gasteiger partial charge in [0.05, 0.1) is 0 Å². The summed E-state index contributed by atoms with van der Waals surface area (Å²) in [6, 6.07) is 8.82. The van der Waals surface area contributed by atoms with Gasteiger partial charge >= 0.3 is 0 Å². The summed E-state index contributed by atoms with van der Waals surface area (Å²) in [4.78, 5) is 2.12. The second-order valence-electron chi connectivity index (χ2n) is 4.24. The molecule has 1 aromatic carbocycles. The van der Waals surface area contributed by atoms with Crippen LogP contribution < -0.4 is 4.90 Å². The molecule has 2 rings (SSSR count). The van der Waals surface area contributed by atoms with E-state index in [1.54, 1.807) is 0 Å². The van der Waals surface area contributed by atoms with E-state index in [9.17, 15) is 0 Å². The first-order valence-electron chi connectivity index (χ1n) is 5.05. The van der Waals surface area contributed by atoms with E-state index >= 15 is 0 Å². The van der Waals surface area contributed by atoms with Gasteiger partial charge in [0.15, 0.2) is 0 Å². The Morgan fingerprint density at radius 3 is 2.36 bits per heavy atom. The van der Waals surface area contributed by atoms with Gasteiger partial charge in [-0.25, -0.2) is 0 Å². The molecule has 2 heteroatoms. The molecule has 0 aromatic heterocycles. The molecule has 0 saturated heterocycles. The van der Waals surface area contributed by atoms with Crippen LogP contribution in [0, 0.1) is 5.92 Å². The Morgan fingerprint density at radius 2 is 1.93 bits per heavy atom. The molecule has 1 saturated carbocycles. The summed E-state index contributed by atoms with van der Waals surface area (Å²) in [6.45, 7) is 0. The molecule has 0 radical (unpaired) electrons. The molecule has 0 heterocycles. The van der Waals surface area contributed by atoms with Crippen LogP contribution in [0.25, 0.3) is 0 Å². The second-order valence-corrected chi connectivity index (χ2v) is 4.55. The second kappa shape index (κ2) is 3.82. The maximum Gasteiger partial charge on any atom is 0.0361 e. The number of anilines is 1. The summed E-state index contributed by atoms with van der Waals surface area (Å²) in [7, 11) is 4.13. The van der Waals surface area contributed by atoms with Gasteiger partial charge in [0.25, 0.3) is 0 Å². The molecule has 1 fully saturated rings. The molecule has 1 aromatic rings. The molecule has 0 bridgehead atoms. The van der Waals surface area contributed by atoms with E-state index in [4.69, 9.17) is 11.6 Å². The number of rotatable bonds is 3. The zero-order valence-electron chi connectivity index (χ0n) is 8.70. The van der Waals surface area contributed by atoms with Crippen molar-refractivity contribution in [3.8, 4) is 0 Å².